The largest absolute Gasteiger partial charge is 0.378 e. The Morgan fingerprint density at radius 3 is 2.47 bits per heavy atom. The van der Waals surface area contributed by atoms with E-state index in [1.807, 2.05) is 7.05 Å². The van der Waals surface area contributed by atoms with Crippen molar-refractivity contribution >= 4 is 0 Å². The zero-order valence-corrected chi connectivity index (χ0v) is 11.0. The minimum atomic E-state index is 0.396. The Morgan fingerprint density at radius 1 is 1.20 bits per heavy atom. The van der Waals surface area contributed by atoms with Crippen LogP contribution in [-0.4, -0.2) is 26.3 Å². The van der Waals surface area contributed by atoms with E-state index >= 15 is 0 Å². The van der Waals surface area contributed by atoms with Gasteiger partial charge in [0.05, 0.1) is 6.10 Å². The molecule has 0 aromatic carbocycles. The van der Waals surface area contributed by atoms with Gasteiger partial charge in [0.25, 0.3) is 0 Å². The summed E-state index contributed by atoms with van der Waals surface area (Å²) in [5, 5.41) is 3.15. The van der Waals surface area contributed by atoms with Crippen molar-refractivity contribution in [1.29, 1.82) is 0 Å². The zero-order valence-electron chi connectivity index (χ0n) is 11.0. The molecule has 0 aromatic heterocycles. The molecule has 0 saturated carbocycles. The maximum atomic E-state index is 5.85. The molecule has 0 aliphatic heterocycles. The average molecular weight is 215 g/mol. The second-order valence-corrected chi connectivity index (χ2v) is 4.45. The van der Waals surface area contributed by atoms with Gasteiger partial charge >= 0.3 is 0 Å². The Kier molecular flexibility index (Phi) is 10.4. The molecule has 1 N–H and O–H groups in total. The molecule has 92 valence electrons. The van der Waals surface area contributed by atoms with Crippen LogP contribution >= 0.6 is 0 Å². The van der Waals surface area contributed by atoms with Crippen molar-refractivity contribution in [1.82, 2.24) is 5.32 Å². The number of unbranched alkanes of at least 4 members (excludes halogenated alkanes) is 1. The SMILES string of the molecule is CCCCC(CC)COC(C)CCNC. The Morgan fingerprint density at radius 2 is 1.93 bits per heavy atom. The van der Waals surface area contributed by atoms with Gasteiger partial charge in [0.15, 0.2) is 0 Å². The number of hydrogen-bond donors (Lipinski definition) is 1. The van der Waals surface area contributed by atoms with Crippen LogP contribution in [0.25, 0.3) is 0 Å². The third-order valence-electron chi connectivity index (χ3n) is 2.96. The molecular formula is C13H29NO. The van der Waals surface area contributed by atoms with Gasteiger partial charge in [0, 0.05) is 6.61 Å². The number of ether oxygens (including phenoxy) is 1. The van der Waals surface area contributed by atoms with E-state index in [0.29, 0.717) is 6.10 Å². The molecule has 2 nitrogen and oxygen atoms in total. The fourth-order valence-electron chi connectivity index (χ4n) is 1.63. The first-order valence-corrected chi connectivity index (χ1v) is 6.50. The van der Waals surface area contributed by atoms with Crippen molar-refractivity contribution in [3.8, 4) is 0 Å². The molecule has 0 aromatic rings. The summed E-state index contributed by atoms with van der Waals surface area (Å²) < 4.78 is 5.85. The van der Waals surface area contributed by atoms with Crippen LogP contribution in [0.1, 0.15) is 52.9 Å². The fourth-order valence-corrected chi connectivity index (χ4v) is 1.63. The summed E-state index contributed by atoms with van der Waals surface area (Å²) in [7, 11) is 1.99. The van der Waals surface area contributed by atoms with E-state index in [1.165, 1.54) is 25.7 Å². The second-order valence-electron chi connectivity index (χ2n) is 4.45. The normalized spacial score (nSPS) is 15.2. The zero-order chi connectivity index (χ0) is 11.5. The highest BCUT2D eigenvalue weighted by atomic mass is 16.5. The van der Waals surface area contributed by atoms with Crippen molar-refractivity contribution in [2.24, 2.45) is 5.92 Å². The maximum Gasteiger partial charge on any atom is 0.0559 e. The van der Waals surface area contributed by atoms with Crippen molar-refractivity contribution in [2.75, 3.05) is 20.2 Å². The summed E-state index contributed by atoms with van der Waals surface area (Å²) in [5.74, 6) is 0.766. The minimum absolute atomic E-state index is 0.396. The van der Waals surface area contributed by atoms with E-state index in [9.17, 15) is 0 Å². The Balaban J connectivity index is 3.50. The predicted molar refractivity (Wildman–Crippen MR) is 67.3 cm³/mol. The first kappa shape index (κ1) is 14.9. The summed E-state index contributed by atoms with van der Waals surface area (Å²) >= 11 is 0. The molecule has 0 fully saturated rings. The van der Waals surface area contributed by atoms with Crippen molar-refractivity contribution in [3.63, 3.8) is 0 Å². The summed E-state index contributed by atoms with van der Waals surface area (Å²) in [6.45, 7) is 8.68. The van der Waals surface area contributed by atoms with E-state index in [4.69, 9.17) is 4.74 Å². The summed E-state index contributed by atoms with van der Waals surface area (Å²) in [6, 6.07) is 0. The van der Waals surface area contributed by atoms with Gasteiger partial charge in [-0.3, -0.25) is 0 Å². The topological polar surface area (TPSA) is 21.3 Å². The van der Waals surface area contributed by atoms with Crippen LogP contribution in [0.5, 0.6) is 0 Å². The van der Waals surface area contributed by atoms with E-state index < -0.39 is 0 Å². The maximum absolute atomic E-state index is 5.85. The van der Waals surface area contributed by atoms with Crippen LogP contribution in [-0.2, 0) is 4.74 Å². The van der Waals surface area contributed by atoms with Crippen molar-refractivity contribution < 1.29 is 4.74 Å². The number of hydrogen-bond acceptors (Lipinski definition) is 2. The van der Waals surface area contributed by atoms with Crippen LogP contribution in [0.2, 0.25) is 0 Å². The van der Waals surface area contributed by atoms with Gasteiger partial charge in [0.2, 0.25) is 0 Å². The lowest BCUT2D eigenvalue weighted by Crippen LogP contribution is -2.20. The molecule has 2 heteroatoms. The molecule has 15 heavy (non-hydrogen) atoms. The first-order chi connectivity index (χ1) is 7.24. The minimum Gasteiger partial charge on any atom is -0.378 e. The lowest BCUT2D eigenvalue weighted by Gasteiger charge is -2.18. The Bertz CT molecular complexity index is 128. The van der Waals surface area contributed by atoms with Crippen LogP contribution < -0.4 is 5.32 Å². The summed E-state index contributed by atoms with van der Waals surface area (Å²) in [4.78, 5) is 0. The monoisotopic (exact) mass is 215 g/mol. The van der Waals surface area contributed by atoms with Crippen LogP contribution in [0.4, 0.5) is 0 Å². The Labute approximate surface area is 95.8 Å². The van der Waals surface area contributed by atoms with Crippen LogP contribution in [0.3, 0.4) is 0 Å². The summed E-state index contributed by atoms with van der Waals surface area (Å²) in [6.07, 6.45) is 6.72. The molecule has 0 bridgehead atoms. The smallest absolute Gasteiger partial charge is 0.0559 e. The second kappa shape index (κ2) is 10.4. The quantitative estimate of drug-likeness (QED) is 0.604. The molecule has 0 aliphatic carbocycles. The van der Waals surface area contributed by atoms with Gasteiger partial charge in [-0.2, -0.15) is 0 Å². The molecule has 0 spiro atoms. The molecular weight excluding hydrogens is 186 g/mol. The van der Waals surface area contributed by atoms with Crippen molar-refractivity contribution in [2.45, 2.75) is 59.0 Å². The number of rotatable bonds is 10. The number of nitrogens with one attached hydrogen (secondary N) is 1. The standard InChI is InChI=1S/C13H29NO/c1-5-7-8-13(6-2)11-15-12(3)9-10-14-4/h12-14H,5-11H2,1-4H3. The van der Waals surface area contributed by atoms with Gasteiger partial charge in [-0.1, -0.05) is 33.1 Å². The molecule has 0 radical (unpaired) electrons. The molecule has 0 rings (SSSR count). The lowest BCUT2D eigenvalue weighted by atomic mass is 10.0. The lowest BCUT2D eigenvalue weighted by molar-refractivity contribution is 0.0324. The van der Waals surface area contributed by atoms with Gasteiger partial charge in [-0.05, 0) is 39.3 Å². The molecule has 2 atom stereocenters. The molecule has 0 aliphatic rings. The highest BCUT2D eigenvalue weighted by Crippen LogP contribution is 2.14. The van der Waals surface area contributed by atoms with E-state index in [1.54, 1.807) is 0 Å². The molecule has 0 amide bonds. The predicted octanol–water partition coefficient (Wildman–Crippen LogP) is 3.22. The Hall–Kier alpha value is -0.0800. The van der Waals surface area contributed by atoms with E-state index in [0.717, 1.165) is 25.5 Å². The average Bonchev–Trinajstić information content (AvgIpc) is 2.26. The van der Waals surface area contributed by atoms with Gasteiger partial charge in [-0.25, -0.2) is 0 Å². The first-order valence-electron chi connectivity index (χ1n) is 6.50. The fraction of sp³-hybridized carbons (Fsp3) is 1.00. The van der Waals surface area contributed by atoms with Crippen molar-refractivity contribution in [3.05, 3.63) is 0 Å². The molecule has 0 saturated heterocycles. The highest BCUT2D eigenvalue weighted by Gasteiger charge is 2.08. The van der Waals surface area contributed by atoms with Gasteiger partial charge in [-0.15, -0.1) is 0 Å². The van der Waals surface area contributed by atoms with Crippen LogP contribution in [0.15, 0.2) is 0 Å². The van der Waals surface area contributed by atoms with Gasteiger partial charge in [0.1, 0.15) is 0 Å². The highest BCUT2D eigenvalue weighted by molar-refractivity contribution is 4.58. The van der Waals surface area contributed by atoms with E-state index in [-0.39, 0.29) is 0 Å². The third-order valence-corrected chi connectivity index (χ3v) is 2.96. The van der Waals surface area contributed by atoms with Gasteiger partial charge < -0.3 is 10.1 Å². The molecule has 2 unspecified atom stereocenters. The molecule has 0 heterocycles. The summed E-state index contributed by atoms with van der Waals surface area (Å²) in [5.41, 5.74) is 0. The van der Waals surface area contributed by atoms with Crippen LogP contribution in [0, 0.1) is 5.92 Å². The third kappa shape index (κ3) is 8.88. The van der Waals surface area contributed by atoms with E-state index in [2.05, 4.69) is 26.1 Å².